The van der Waals surface area contributed by atoms with Crippen LogP contribution in [-0.4, -0.2) is 11.9 Å². The summed E-state index contributed by atoms with van der Waals surface area (Å²) in [6, 6.07) is 6.34. The quantitative estimate of drug-likeness (QED) is 0.797. The summed E-state index contributed by atoms with van der Waals surface area (Å²) < 4.78 is 12.7. The van der Waals surface area contributed by atoms with Crippen LogP contribution in [0.2, 0.25) is 0 Å². The Hall–Kier alpha value is -1.42. The Morgan fingerprint density at radius 1 is 1.26 bits per heavy atom. The second kappa shape index (κ2) is 7.89. The summed E-state index contributed by atoms with van der Waals surface area (Å²) in [5, 5.41) is 2.86. The first-order chi connectivity index (χ1) is 8.99. The molecular formula is C15H23FN2O. The molecule has 0 saturated carbocycles. The molecule has 0 heterocycles. The van der Waals surface area contributed by atoms with Gasteiger partial charge in [0.15, 0.2) is 0 Å². The van der Waals surface area contributed by atoms with Gasteiger partial charge >= 0.3 is 0 Å². The SMILES string of the molecule is CC(N)CCCC(C)C(=O)NCc1ccc(F)cc1. The molecule has 19 heavy (non-hydrogen) atoms. The molecule has 2 unspecified atom stereocenters. The molecule has 0 bridgehead atoms. The second-order valence-electron chi connectivity index (χ2n) is 5.15. The summed E-state index contributed by atoms with van der Waals surface area (Å²) in [6.07, 6.45) is 2.75. The van der Waals surface area contributed by atoms with Crippen LogP contribution in [0.15, 0.2) is 24.3 Å². The van der Waals surface area contributed by atoms with Crippen LogP contribution >= 0.6 is 0 Å². The van der Waals surface area contributed by atoms with E-state index in [1.807, 2.05) is 13.8 Å². The smallest absolute Gasteiger partial charge is 0.223 e. The van der Waals surface area contributed by atoms with Gasteiger partial charge < -0.3 is 11.1 Å². The maximum atomic E-state index is 12.7. The first kappa shape index (κ1) is 15.6. The van der Waals surface area contributed by atoms with E-state index in [0.717, 1.165) is 24.8 Å². The van der Waals surface area contributed by atoms with E-state index in [-0.39, 0.29) is 23.7 Å². The molecule has 0 saturated heterocycles. The lowest BCUT2D eigenvalue weighted by molar-refractivity contribution is -0.124. The highest BCUT2D eigenvalue weighted by atomic mass is 19.1. The summed E-state index contributed by atoms with van der Waals surface area (Å²) in [5.74, 6) is -0.243. The second-order valence-corrected chi connectivity index (χ2v) is 5.15. The van der Waals surface area contributed by atoms with Gasteiger partial charge in [-0.2, -0.15) is 0 Å². The van der Waals surface area contributed by atoms with Crippen LogP contribution in [0, 0.1) is 11.7 Å². The van der Waals surface area contributed by atoms with Gasteiger partial charge in [-0.1, -0.05) is 25.5 Å². The molecule has 1 aromatic carbocycles. The number of carbonyl (C=O) groups is 1. The number of carbonyl (C=O) groups excluding carboxylic acids is 1. The molecule has 0 radical (unpaired) electrons. The number of benzene rings is 1. The predicted molar refractivity (Wildman–Crippen MR) is 74.9 cm³/mol. The number of halogens is 1. The lowest BCUT2D eigenvalue weighted by Crippen LogP contribution is -2.29. The summed E-state index contributed by atoms with van der Waals surface area (Å²) in [4.78, 5) is 11.8. The van der Waals surface area contributed by atoms with Gasteiger partial charge in [0.1, 0.15) is 5.82 Å². The minimum atomic E-state index is -0.264. The Morgan fingerprint density at radius 2 is 1.89 bits per heavy atom. The number of hydrogen-bond donors (Lipinski definition) is 2. The first-order valence-electron chi connectivity index (χ1n) is 6.76. The molecular weight excluding hydrogens is 243 g/mol. The maximum absolute atomic E-state index is 12.7. The van der Waals surface area contributed by atoms with Gasteiger partial charge in [0.2, 0.25) is 5.91 Å². The van der Waals surface area contributed by atoms with Crippen molar-refractivity contribution in [2.75, 3.05) is 0 Å². The minimum Gasteiger partial charge on any atom is -0.352 e. The summed E-state index contributed by atoms with van der Waals surface area (Å²) in [7, 11) is 0. The van der Waals surface area contributed by atoms with Crippen molar-refractivity contribution in [3.63, 3.8) is 0 Å². The monoisotopic (exact) mass is 266 g/mol. The molecule has 0 aliphatic carbocycles. The number of nitrogens with one attached hydrogen (secondary N) is 1. The predicted octanol–water partition coefficient (Wildman–Crippen LogP) is 2.60. The third kappa shape index (κ3) is 6.34. The topological polar surface area (TPSA) is 55.1 Å². The number of nitrogens with two attached hydrogens (primary N) is 1. The van der Waals surface area contributed by atoms with Crippen molar-refractivity contribution in [3.05, 3.63) is 35.6 Å². The van der Waals surface area contributed by atoms with Gasteiger partial charge in [0.05, 0.1) is 0 Å². The van der Waals surface area contributed by atoms with E-state index in [2.05, 4.69) is 5.32 Å². The molecule has 1 amide bonds. The third-order valence-corrected chi connectivity index (χ3v) is 3.12. The van der Waals surface area contributed by atoms with Crippen molar-refractivity contribution in [2.24, 2.45) is 11.7 Å². The first-order valence-corrected chi connectivity index (χ1v) is 6.76. The average molecular weight is 266 g/mol. The molecule has 3 nitrogen and oxygen atoms in total. The highest BCUT2D eigenvalue weighted by Crippen LogP contribution is 2.09. The van der Waals surface area contributed by atoms with Crippen LogP contribution in [0.1, 0.15) is 38.7 Å². The minimum absolute atomic E-state index is 0.0146. The molecule has 106 valence electrons. The maximum Gasteiger partial charge on any atom is 0.223 e. The lowest BCUT2D eigenvalue weighted by Gasteiger charge is -2.13. The number of rotatable bonds is 7. The Bertz CT molecular complexity index is 390. The molecule has 4 heteroatoms. The Morgan fingerprint density at radius 3 is 2.47 bits per heavy atom. The van der Waals surface area contributed by atoms with Crippen molar-refractivity contribution in [3.8, 4) is 0 Å². The van der Waals surface area contributed by atoms with Crippen molar-refractivity contribution < 1.29 is 9.18 Å². The van der Waals surface area contributed by atoms with Crippen molar-refractivity contribution in [2.45, 2.75) is 45.7 Å². The van der Waals surface area contributed by atoms with Crippen molar-refractivity contribution >= 4 is 5.91 Å². The van der Waals surface area contributed by atoms with Crippen molar-refractivity contribution in [1.82, 2.24) is 5.32 Å². The number of amides is 1. The molecule has 0 fully saturated rings. The van der Waals surface area contributed by atoms with E-state index in [1.165, 1.54) is 12.1 Å². The van der Waals surface area contributed by atoms with E-state index >= 15 is 0 Å². The van der Waals surface area contributed by atoms with E-state index in [4.69, 9.17) is 5.73 Å². The average Bonchev–Trinajstić information content (AvgIpc) is 2.37. The molecule has 0 aliphatic rings. The molecule has 3 N–H and O–H groups in total. The highest BCUT2D eigenvalue weighted by molar-refractivity contribution is 5.78. The normalized spacial score (nSPS) is 13.9. The van der Waals surface area contributed by atoms with E-state index in [1.54, 1.807) is 12.1 Å². The van der Waals surface area contributed by atoms with Crippen LogP contribution in [0.25, 0.3) is 0 Å². The van der Waals surface area contributed by atoms with Crippen LogP contribution in [0.3, 0.4) is 0 Å². The molecule has 0 aromatic heterocycles. The van der Waals surface area contributed by atoms with Crippen LogP contribution in [0.4, 0.5) is 4.39 Å². The summed E-state index contributed by atoms with van der Waals surface area (Å²) in [6.45, 7) is 4.33. The molecule has 1 aromatic rings. The zero-order valence-corrected chi connectivity index (χ0v) is 11.7. The number of hydrogen-bond acceptors (Lipinski definition) is 2. The van der Waals surface area contributed by atoms with Gasteiger partial charge in [-0.15, -0.1) is 0 Å². The zero-order valence-electron chi connectivity index (χ0n) is 11.7. The van der Waals surface area contributed by atoms with E-state index in [9.17, 15) is 9.18 Å². The van der Waals surface area contributed by atoms with Crippen LogP contribution in [0.5, 0.6) is 0 Å². The Kier molecular flexibility index (Phi) is 6.50. The van der Waals surface area contributed by atoms with E-state index < -0.39 is 0 Å². The van der Waals surface area contributed by atoms with E-state index in [0.29, 0.717) is 6.54 Å². The van der Waals surface area contributed by atoms with Crippen LogP contribution < -0.4 is 11.1 Å². The van der Waals surface area contributed by atoms with Gasteiger partial charge in [-0.05, 0) is 37.5 Å². The fourth-order valence-electron chi connectivity index (χ4n) is 1.84. The van der Waals surface area contributed by atoms with Gasteiger partial charge in [-0.3, -0.25) is 4.79 Å². The van der Waals surface area contributed by atoms with Gasteiger partial charge in [-0.25, -0.2) is 4.39 Å². The molecule has 2 atom stereocenters. The Labute approximate surface area is 114 Å². The summed E-state index contributed by atoms with van der Waals surface area (Å²) >= 11 is 0. The molecule has 0 spiro atoms. The summed E-state index contributed by atoms with van der Waals surface area (Å²) in [5.41, 5.74) is 6.57. The molecule has 1 rings (SSSR count). The van der Waals surface area contributed by atoms with Gasteiger partial charge in [0.25, 0.3) is 0 Å². The third-order valence-electron chi connectivity index (χ3n) is 3.12. The zero-order chi connectivity index (χ0) is 14.3. The van der Waals surface area contributed by atoms with Gasteiger partial charge in [0, 0.05) is 18.5 Å². The Balaban J connectivity index is 2.28. The fourth-order valence-corrected chi connectivity index (χ4v) is 1.84. The standard InChI is InChI=1S/C15H23FN2O/c1-11(4-3-5-12(2)17)15(19)18-10-13-6-8-14(16)9-7-13/h6-9,11-12H,3-5,10,17H2,1-2H3,(H,18,19). The highest BCUT2D eigenvalue weighted by Gasteiger charge is 2.12. The van der Waals surface area contributed by atoms with Crippen LogP contribution in [-0.2, 0) is 11.3 Å². The fraction of sp³-hybridized carbons (Fsp3) is 0.533. The van der Waals surface area contributed by atoms with Crippen molar-refractivity contribution in [1.29, 1.82) is 0 Å². The molecule has 0 aliphatic heterocycles. The largest absolute Gasteiger partial charge is 0.352 e. The lowest BCUT2D eigenvalue weighted by atomic mass is 10.0.